The quantitative estimate of drug-likeness (QED) is 0.343. The monoisotopic (exact) mass is 427 g/mol. The molecule has 1 amide bonds. The number of aromatic nitrogens is 1. The number of nitrogens with one attached hydrogen (secondary N) is 1. The van der Waals surface area contributed by atoms with E-state index in [1.54, 1.807) is 48.9 Å². The van der Waals surface area contributed by atoms with Crippen LogP contribution in [-0.2, 0) is 0 Å². The molecule has 0 saturated carbocycles. The molecule has 0 spiro atoms. The van der Waals surface area contributed by atoms with Crippen LogP contribution in [0.2, 0.25) is 5.02 Å². The van der Waals surface area contributed by atoms with Crippen molar-refractivity contribution in [2.75, 3.05) is 12.0 Å². The van der Waals surface area contributed by atoms with Crippen LogP contribution in [0.15, 0.2) is 54.6 Å². The Kier molecular flexibility index (Phi) is 6.17. The first-order chi connectivity index (χ1) is 14.3. The highest BCUT2D eigenvalue weighted by Crippen LogP contribution is 2.29. The number of carbonyl (C=O) groups is 2. The lowest BCUT2D eigenvalue weighted by Gasteiger charge is -2.12. The first kappa shape index (κ1) is 21.1. The molecule has 3 aromatic rings. The largest absolute Gasteiger partial charge is 0.484 e. The van der Waals surface area contributed by atoms with E-state index in [0.717, 1.165) is 6.07 Å². The lowest BCUT2D eigenvalue weighted by Crippen LogP contribution is -2.25. The number of halogens is 1. The van der Waals surface area contributed by atoms with Crippen molar-refractivity contribution in [1.82, 2.24) is 4.68 Å². The van der Waals surface area contributed by atoms with Crippen molar-refractivity contribution < 1.29 is 19.2 Å². The van der Waals surface area contributed by atoms with Crippen molar-refractivity contribution in [3.63, 3.8) is 0 Å². The molecule has 8 nitrogen and oxygen atoms in total. The van der Waals surface area contributed by atoms with Crippen LogP contribution < -0.4 is 10.2 Å². The topological polar surface area (TPSA) is 103 Å². The Morgan fingerprint density at radius 1 is 1.13 bits per heavy atom. The van der Waals surface area contributed by atoms with E-state index in [0.29, 0.717) is 22.5 Å². The summed E-state index contributed by atoms with van der Waals surface area (Å²) < 4.78 is 6.98. The molecule has 0 aliphatic rings. The van der Waals surface area contributed by atoms with Crippen LogP contribution in [0.25, 0.3) is 0 Å². The van der Waals surface area contributed by atoms with Crippen molar-refractivity contribution in [2.24, 2.45) is 0 Å². The Hall–Kier alpha value is -3.65. The van der Waals surface area contributed by atoms with Gasteiger partial charge >= 0.3 is 0 Å². The Morgan fingerprint density at radius 3 is 2.47 bits per heavy atom. The van der Waals surface area contributed by atoms with Crippen LogP contribution in [0.1, 0.15) is 32.1 Å². The lowest BCUT2D eigenvalue weighted by molar-refractivity contribution is -0.384. The minimum Gasteiger partial charge on any atom is -0.484 e. The normalized spacial score (nSPS) is 10.5. The average Bonchev–Trinajstić information content (AvgIpc) is 3.01. The highest BCUT2D eigenvalue weighted by molar-refractivity contribution is 6.32. The molecule has 1 heterocycles. The number of hydrogen-bond acceptors (Lipinski definition) is 5. The molecule has 0 aliphatic heterocycles. The maximum Gasteiger partial charge on any atom is 0.271 e. The summed E-state index contributed by atoms with van der Waals surface area (Å²) in [4.78, 5) is 35.3. The predicted octanol–water partition coefficient (Wildman–Crippen LogP) is 4.31. The molecule has 30 heavy (non-hydrogen) atoms. The second-order valence-electron chi connectivity index (χ2n) is 6.51. The van der Waals surface area contributed by atoms with Crippen LogP contribution in [0, 0.1) is 24.0 Å². The maximum atomic E-state index is 12.6. The molecule has 1 aromatic heterocycles. The molecule has 2 aromatic carbocycles. The summed E-state index contributed by atoms with van der Waals surface area (Å²) in [5.74, 6) is -0.454. The number of hydrogen-bond donors (Lipinski definition) is 1. The molecule has 9 heteroatoms. The Labute approximate surface area is 177 Å². The first-order valence-corrected chi connectivity index (χ1v) is 9.31. The maximum absolute atomic E-state index is 12.6. The summed E-state index contributed by atoms with van der Waals surface area (Å²) in [5.41, 5.74) is 4.71. The van der Waals surface area contributed by atoms with E-state index in [4.69, 9.17) is 16.3 Å². The fourth-order valence-corrected chi connectivity index (χ4v) is 3.14. The van der Waals surface area contributed by atoms with Crippen LogP contribution in [0.3, 0.4) is 0 Å². The second kappa shape index (κ2) is 8.79. The van der Waals surface area contributed by atoms with Gasteiger partial charge in [0, 0.05) is 34.6 Å². The minimum absolute atomic E-state index is 0.0394. The zero-order valence-electron chi connectivity index (χ0n) is 16.2. The third-order valence-electron chi connectivity index (χ3n) is 4.47. The fourth-order valence-electron chi connectivity index (χ4n) is 2.91. The molecule has 0 saturated heterocycles. The molecule has 0 atom stereocenters. The molecule has 0 aliphatic carbocycles. The van der Waals surface area contributed by atoms with Crippen molar-refractivity contribution >= 4 is 29.0 Å². The zero-order chi connectivity index (χ0) is 21.8. The van der Waals surface area contributed by atoms with Gasteiger partial charge in [0.25, 0.3) is 11.6 Å². The molecule has 0 radical (unpaired) electrons. The predicted molar refractivity (Wildman–Crippen MR) is 112 cm³/mol. The second-order valence-corrected chi connectivity index (χ2v) is 6.92. The van der Waals surface area contributed by atoms with Gasteiger partial charge in [0.15, 0.2) is 6.61 Å². The van der Waals surface area contributed by atoms with E-state index in [2.05, 4.69) is 5.43 Å². The number of nitrogens with zero attached hydrogens (tertiary/aromatic N) is 2. The third-order valence-corrected chi connectivity index (χ3v) is 4.76. The number of nitro benzene ring substituents is 1. The SMILES string of the molecule is Cc1cc(C(=O)COc2ccc([N+](=O)[O-])cc2Cl)c(C)n1NC(=O)c1ccccc1. The van der Waals surface area contributed by atoms with Crippen LogP contribution in [-0.4, -0.2) is 27.9 Å². The highest BCUT2D eigenvalue weighted by Gasteiger charge is 2.19. The summed E-state index contributed by atoms with van der Waals surface area (Å²) in [6, 6.07) is 14.1. The summed E-state index contributed by atoms with van der Waals surface area (Å²) >= 11 is 5.99. The molecule has 0 fully saturated rings. The zero-order valence-corrected chi connectivity index (χ0v) is 17.0. The number of ketones is 1. The number of amides is 1. The van der Waals surface area contributed by atoms with Gasteiger partial charge in [0.1, 0.15) is 5.75 Å². The van der Waals surface area contributed by atoms with Crippen LogP contribution in [0.4, 0.5) is 5.69 Å². The van der Waals surface area contributed by atoms with Gasteiger partial charge in [0.05, 0.1) is 9.95 Å². The highest BCUT2D eigenvalue weighted by atomic mass is 35.5. The average molecular weight is 428 g/mol. The molecule has 0 unspecified atom stereocenters. The van der Waals surface area contributed by atoms with E-state index in [1.165, 1.54) is 12.1 Å². The molecular formula is C21H18ClN3O5. The fraction of sp³-hybridized carbons (Fsp3) is 0.143. The number of nitro groups is 1. The van der Waals surface area contributed by atoms with Crippen molar-refractivity contribution in [1.29, 1.82) is 0 Å². The van der Waals surface area contributed by atoms with Gasteiger partial charge in [-0.1, -0.05) is 29.8 Å². The van der Waals surface area contributed by atoms with E-state index in [1.807, 2.05) is 6.07 Å². The molecule has 3 rings (SSSR count). The van der Waals surface area contributed by atoms with Crippen molar-refractivity contribution in [2.45, 2.75) is 13.8 Å². The van der Waals surface area contributed by atoms with Gasteiger partial charge < -0.3 is 4.74 Å². The number of benzene rings is 2. The van der Waals surface area contributed by atoms with Gasteiger partial charge in [0.2, 0.25) is 5.78 Å². The van der Waals surface area contributed by atoms with Gasteiger partial charge in [-0.25, -0.2) is 0 Å². The number of rotatable bonds is 7. The number of non-ortho nitro benzene ring substituents is 1. The lowest BCUT2D eigenvalue weighted by atomic mass is 10.1. The van der Waals surface area contributed by atoms with E-state index >= 15 is 0 Å². The smallest absolute Gasteiger partial charge is 0.271 e. The molecule has 1 N–H and O–H groups in total. The van der Waals surface area contributed by atoms with E-state index in [-0.39, 0.29) is 34.8 Å². The third kappa shape index (κ3) is 4.49. The van der Waals surface area contributed by atoms with Gasteiger partial charge in [-0.2, -0.15) is 0 Å². The Morgan fingerprint density at radius 2 is 1.83 bits per heavy atom. The number of carbonyl (C=O) groups excluding carboxylic acids is 2. The van der Waals surface area contributed by atoms with E-state index < -0.39 is 4.92 Å². The summed E-state index contributed by atoms with van der Waals surface area (Å²) in [6.45, 7) is 3.17. The molecule has 154 valence electrons. The number of aryl methyl sites for hydroxylation is 1. The van der Waals surface area contributed by atoms with Gasteiger partial charge in [-0.15, -0.1) is 0 Å². The molecular weight excluding hydrogens is 410 g/mol. The van der Waals surface area contributed by atoms with Crippen molar-refractivity contribution in [3.05, 3.63) is 92.2 Å². The summed E-state index contributed by atoms with van der Waals surface area (Å²) in [7, 11) is 0. The summed E-state index contributed by atoms with van der Waals surface area (Å²) in [5, 5.41) is 10.8. The number of Topliss-reactive ketones (excluding diaryl/α,β-unsaturated/α-hetero) is 1. The van der Waals surface area contributed by atoms with Gasteiger partial charge in [-0.3, -0.25) is 29.8 Å². The standard InChI is InChI=1S/C21H18ClN3O5/c1-13-10-17(14(2)24(13)23-21(27)15-6-4-3-5-7-15)19(26)12-30-20-9-8-16(25(28)29)11-18(20)22/h3-11H,12H2,1-2H3,(H,23,27). The number of ether oxygens (including phenoxy) is 1. The van der Waals surface area contributed by atoms with Crippen LogP contribution >= 0.6 is 11.6 Å². The Bertz CT molecular complexity index is 1130. The van der Waals surface area contributed by atoms with Crippen LogP contribution in [0.5, 0.6) is 5.75 Å². The Balaban J connectivity index is 1.72. The first-order valence-electron chi connectivity index (χ1n) is 8.93. The van der Waals surface area contributed by atoms with Gasteiger partial charge in [-0.05, 0) is 38.1 Å². The van der Waals surface area contributed by atoms with Crippen molar-refractivity contribution in [3.8, 4) is 5.75 Å². The summed E-state index contributed by atoms with van der Waals surface area (Å²) in [6.07, 6.45) is 0. The minimum atomic E-state index is -0.570. The van der Waals surface area contributed by atoms with E-state index in [9.17, 15) is 19.7 Å². The molecule has 0 bridgehead atoms.